The highest BCUT2D eigenvalue weighted by atomic mass is 32.1. The van der Waals surface area contributed by atoms with Crippen LogP contribution in [0.5, 0.6) is 11.5 Å². The summed E-state index contributed by atoms with van der Waals surface area (Å²) >= 11 is 1.45. The molecule has 0 bridgehead atoms. The largest absolute Gasteiger partial charge is 0.497 e. The van der Waals surface area contributed by atoms with E-state index in [0.29, 0.717) is 23.1 Å². The minimum Gasteiger partial charge on any atom is -0.497 e. The molecule has 4 aromatic rings. The van der Waals surface area contributed by atoms with E-state index in [2.05, 4.69) is 15.3 Å². The van der Waals surface area contributed by atoms with E-state index < -0.39 is 0 Å². The number of nitrogens with zero attached hydrogens (tertiary/aromatic N) is 2. The number of benzene rings is 2. The minimum absolute atomic E-state index is 0.214. The maximum Gasteiger partial charge on any atom is 0.257 e. The van der Waals surface area contributed by atoms with Gasteiger partial charge in [0.25, 0.3) is 5.91 Å². The molecule has 0 aliphatic carbocycles. The van der Waals surface area contributed by atoms with E-state index in [0.717, 1.165) is 27.4 Å². The zero-order valence-electron chi connectivity index (χ0n) is 17.2. The van der Waals surface area contributed by atoms with Crippen molar-refractivity contribution < 1.29 is 14.3 Å². The molecule has 0 atom stereocenters. The SMILES string of the molecule is COc1ccc(-c2nc(NC(=O)c3ccc(OCc4cccnc4)cc3)sc2C)cc1. The third-order valence-corrected chi connectivity index (χ3v) is 5.51. The van der Waals surface area contributed by atoms with Crippen LogP contribution in [0.25, 0.3) is 11.3 Å². The van der Waals surface area contributed by atoms with E-state index in [9.17, 15) is 4.79 Å². The van der Waals surface area contributed by atoms with E-state index in [1.54, 1.807) is 43.8 Å². The zero-order valence-corrected chi connectivity index (χ0v) is 18.0. The first-order valence-electron chi connectivity index (χ1n) is 9.67. The lowest BCUT2D eigenvalue weighted by Crippen LogP contribution is -2.11. The molecule has 6 nitrogen and oxygen atoms in total. The summed E-state index contributed by atoms with van der Waals surface area (Å²) in [4.78, 5) is 22.3. The summed E-state index contributed by atoms with van der Waals surface area (Å²) in [6, 6.07) is 18.5. The number of carbonyl (C=O) groups is 1. The molecule has 0 fully saturated rings. The van der Waals surface area contributed by atoms with E-state index in [-0.39, 0.29) is 5.91 Å². The molecule has 0 saturated heterocycles. The number of nitrogens with one attached hydrogen (secondary N) is 1. The average molecular weight is 432 g/mol. The normalized spacial score (nSPS) is 10.5. The van der Waals surface area contributed by atoms with Crippen molar-refractivity contribution in [2.45, 2.75) is 13.5 Å². The monoisotopic (exact) mass is 431 g/mol. The Morgan fingerprint density at radius 3 is 2.45 bits per heavy atom. The molecule has 0 saturated carbocycles. The van der Waals surface area contributed by atoms with Gasteiger partial charge in [-0.3, -0.25) is 15.1 Å². The summed E-state index contributed by atoms with van der Waals surface area (Å²) in [6.45, 7) is 2.41. The Balaban J connectivity index is 1.40. The molecule has 156 valence electrons. The van der Waals surface area contributed by atoms with E-state index in [4.69, 9.17) is 9.47 Å². The van der Waals surface area contributed by atoms with Crippen molar-refractivity contribution in [2.24, 2.45) is 0 Å². The van der Waals surface area contributed by atoms with Crippen molar-refractivity contribution in [3.05, 3.63) is 89.1 Å². The zero-order chi connectivity index (χ0) is 21.6. The first-order chi connectivity index (χ1) is 15.1. The number of hydrogen-bond donors (Lipinski definition) is 1. The Kier molecular flexibility index (Phi) is 6.24. The highest BCUT2D eigenvalue weighted by Crippen LogP contribution is 2.31. The molecular formula is C24H21N3O3S. The van der Waals surface area contributed by atoms with E-state index in [1.807, 2.05) is 43.3 Å². The predicted octanol–water partition coefficient (Wildman–Crippen LogP) is 5.35. The third kappa shape index (κ3) is 5.07. The molecule has 2 aromatic carbocycles. The maximum absolute atomic E-state index is 12.6. The predicted molar refractivity (Wildman–Crippen MR) is 122 cm³/mol. The number of amides is 1. The van der Waals surface area contributed by atoms with Crippen LogP contribution in [-0.2, 0) is 6.61 Å². The number of rotatable bonds is 7. The molecule has 1 N–H and O–H groups in total. The third-order valence-electron chi connectivity index (χ3n) is 4.63. The summed E-state index contributed by atoms with van der Waals surface area (Å²) in [6.07, 6.45) is 3.48. The summed E-state index contributed by atoms with van der Waals surface area (Å²) in [5, 5.41) is 3.44. The van der Waals surface area contributed by atoms with Gasteiger partial charge in [0.15, 0.2) is 5.13 Å². The van der Waals surface area contributed by atoms with Crippen molar-refractivity contribution in [3.63, 3.8) is 0 Å². The van der Waals surface area contributed by atoms with Crippen LogP contribution in [0.2, 0.25) is 0 Å². The van der Waals surface area contributed by atoms with Crippen LogP contribution in [-0.4, -0.2) is 23.0 Å². The molecule has 2 heterocycles. The first-order valence-corrected chi connectivity index (χ1v) is 10.5. The molecule has 1 amide bonds. The molecule has 0 spiro atoms. The lowest BCUT2D eigenvalue weighted by atomic mass is 10.1. The quantitative estimate of drug-likeness (QED) is 0.427. The van der Waals surface area contributed by atoms with Crippen LogP contribution in [0.1, 0.15) is 20.8 Å². The fourth-order valence-electron chi connectivity index (χ4n) is 2.99. The second-order valence-corrected chi connectivity index (χ2v) is 7.98. The van der Waals surface area contributed by atoms with Gasteiger partial charge in [0.2, 0.25) is 0 Å². The molecule has 4 rings (SSSR count). The summed E-state index contributed by atoms with van der Waals surface area (Å²) < 4.78 is 10.9. The number of aromatic nitrogens is 2. The molecule has 2 aromatic heterocycles. The Morgan fingerprint density at radius 2 is 1.77 bits per heavy atom. The summed E-state index contributed by atoms with van der Waals surface area (Å²) in [5.41, 5.74) is 3.34. The van der Waals surface area contributed by atoms with Gasteiger partial charge in [-0.2, -0.15) is 0 Å². The summed E-state index contributed by atoms with van der Waals surface area (Å²) in [5.74, 6) is 1.26. The van der Waals surface area contributed by atoms with Crippen molar-refractivity contribution in [3.8, 4) is 22.8 Å². The first kappa shape index (κ1) is 20.6. The highest BCUT2D eigenvalue weighted by molar-refractivity contribution is 7.16. The second-order valence-electron chi connectivity index (χ2n) is 6.78. The van der Waals surface area contributed by atoms with Crippen molar-refractivity contribution in [1.29, 1.82) is 0 Å². The van der Waals surface area contributed by atoms with Crippen LogP contribution in [0.3, 0.4) is 0 Å². The number of thiazole rings is 1. The summed E-state index contributed by atoms with van der Waals surface area (Å²) in [7, 11) is 1.64. The van der Waals surface area contributed by atoms with Gasteiger partial charge < -0.3 is 9.47 Å². The van der Waals surface area contributed by atoms with Gasteiger partial charge in [0.1, 0.15) is 18.1 Å². The molecule has 0 aliphatic heterocycles. The number of aryl methyl sites for hydroxylation is 1. The molecule has 0 radical (unpaired) electrons. The van der Waals surface area contributed by atoms with Gasteiger partial charge in [-0.25, -0.2) is 4.98 Å². The lowest BCUT2D eigenvalue weighted by molar-refractivity contribution is 0.102. The maximum atomic E-state index is 12.6. The van der Waals surface area contributed by atoms with Gasteiger partial charge in [0.05, 0.1) is 12.8 Å². The van der Waals surface area contributed by atoms with Crippen LogP contribution >= 0.6 is 11.3 Å². The van der Waals surface area contributed by atoms with Crippen LogP contribution in [0, 0.1) is 6.92 Å². The lowest BCUT2D eigenvalue weighted by Gasteiger charge is -2.07. The van der Waals surface area contributed by atoms with Crippen LogP contribution in [0.4, 0.5) is 5.13 Å². The van der Waals surface area contributed by atoms with Crippen LogP contribution < -0.4 is 14.8 Å². The number of pyridine rings is 1. The van der Waals surface area contributed by atoms with Crippen molar-refractivity contribution in [2.75, 3.05) is 12.4 Å². The van der Waals surface area contributed by atoms with Gasteiger partial charge >= 0.3 is 0 Å². The van der Waals surface area contributed by atoms with Gasteiger partial charge in [-0.15, -0.1) is 11.3 Å². The van der Waals surface area contributed by atoms with Crippen molar-refractivity contribution in [1.82, 2.24) is 9.97 Å². The molecule has 7 heteroatoms. The van der Waals surface area contributed by atoms with Crippen molar-refractivity contribution >= 4 is 22.4 Å². The standard InChI is InChI=1S/C24H21N3O3S/c1-16-22(18-5-9-20(29-2)10-6-18)26-24(31-16)27-23(28)19-7-11-21(12-8-19)30-15-17-4-3-13-25-14-17/h3-14H,15H2,1-2H3,(H,26,27,28). The van der Waals surface area contributed by atoms with Gasteiger partial charge in [0, 0.05) is 34.0 Å². The van der Waals surface area contributed by atoms with E-state index >= 15 is 0 Å². The topological polar surface area (TPSA) is 73.3 Å². The van der Waals surface area contributed by atoms with Gasteiger partial charge in [-0.1, -0.05) is 6.07 Å². The Labute approximate surface area is 184 Å². The number of hydrogen-bond acceptors (Lipinski definition) is 6. The average Bonchev–Trinajstić information content (AvgIpc) is 3.18. The Bertz CT molecular complexity index is 1160. The Morgan fingerprint density at radius 1 is 1.03 bits per heavy atom. The highest BCUT2D eigenvalue weighted by Gasteiger charge is 2.13. The number of ether oxygens (including phenoxy) is 2. The fourth-order valence-corrected chi connectivity index (χ4v) is 3.82. The number of anilines is 1. The molecular weight excluding hydrogens is 410 g/mol. The number of methoxy groups -OCH3 is 1. The minimum atomic E-state index is -0.214. The Hall–Kier alpha value is -3.71. The molecule has 0 unspecified atom stereocenters. The second kappa shape index (κ2) is 9.40. The van der Waals surface area contributed by atoms with Crippen LogP contribution in [0.15, 0.2) is 73.1 Å². The number of carbonyl (C=O) groups excluding carboxylic acids is 1. The fraction of sp³-hybridized carbons (Fsp3) is 0.125. The van der Waals surface area contributed by atoms with Gasteiger partial charge in [-0.05, 0) is 61.5 Å². The van der Waals surface area contributed by atoms with E-state index in [1.165, 1.54) is 11.3 Å². The molecule has 0 aliphatic rings. The smallest absolute Gasteiger partial charge is 0.257 e. The molecule has 31 heavy (non-hydrogen) atoms.